The van der Waals surface area contributed by atoms with Gasteiger partial charge in [-0.05, 0) is 6.42 Å². The summed E-state index contributed by atoms with van der Waals surface area (Å²) in [7, 11) is 0. The number of amidine groups is 1. The Balaban J connectivity index is 2.02. The van der Waals surface area contributed by atoms with Crippen LogP contribution in [0.5, 0.6) is 0 Å². The van der Waals surface area contributed by atoms with Crippen LogP contribution in [0.2, 0.25) is 0 Å². The van der Waals surface area contributed by atoms with Crippen LogP contribution in [0.4, 0.5) is 0 Å². The van der Waals surface area contributed by atoms with Crippen LogP contribution in [0.25, 0.3) is 0 Å². The zero-order valence-electron chi connectivity index (χ0n) is 8.41. The van der Waals surface area contributed by atoms with Crippen LogP contribution in [0.15, 0.2) is 4.99 Å². The normalized spacial score (nSPS) is 19.9. The second kappa shape index (κ2) is 7.04. The summed E-state index contributed by atoms with van der Waals surface area (Å²) >= 11 is 5.50. The fourth-order valence-electron chi connectivity index (χ4n) is 1.38. The number of hydrogen-bond donors (Lipinski definition) is 1. The summed E-state index contributed by atoms with van der Waals surface area (Å²) in [5.74, 6) is 0.867. The quantitative estimate of drug-likeness (QED) is 0.313. The smallest absolute Gasteiger partial charge is 0.109 e. The summed E-state index contributed by atoms with van der Waals surface area (Å²) in [5, 5.41) is 0. The molecule has 1 fully saturated rings. The molecule has 1 saturated heterocycles. The third-order valence-corrected chi connectivity index (χ3v) is 2.46. The van der Waals surface area contributed by atoms with Gasteiger partial charge in [-0.1, -0.05) is 0 Å². The molecule has 0 aromatic heterocycles. The second-order valence-corrected chi connectivity index (χ2v) is 3.58. The molecule has 0 bridgehead atoms. The standard InChI is InChI=1S/C9H18ClN3O/c10-8-9(11)12-2-1-3-13-4-6-14-7-5-13/h1-8H2,(H2,11,12). The molecule has 0 aromatic carbocycles. The SMILES string of the molecule is NC(CCl)=NCCCN1CCOCC1. The highest BCUT2D eigenvalue weighted by Gasteiger charge is 2.08. The van der Waals surface area contributed by atoms with Gasteiger partial charge in [0, 0.05) is 26.2 Å². The topological polar surface area (TPSA) is 50.8 Å². The van der Waals surface area contributed by atoms with Crippen LogP contribution in [-0.2, 0) is 4.74 Å². The van der Waals surface area contributed by atoms with Gasteiger partial charge >= 0.3 is 0 Å². The lowest BCUT2D eigenvalue weighted by Crippen LogP contribution is -2.37. The number of rotatable bonds is 5. The molecule has 0 radical (unpaired) electrons. The Morgan fingerprint density at radius 3 is 2.79 bits per heavy atom. The van der Waals surface area contributed by atoms with Gasteiger partial charge < -0.3 is 10.5 Å². The number of nitrogens with two attached hydrogens (primary N) is 1. The first-order valence-electron chi connectivity index (χ1n) is 4.98. The highest BCUT2D eigenvalue weighted by atomic mass is 35.5. The molecule has 0 aromatic rings. The van der Waals surface area contributed by atoms with Crippen molar-refractivity contribution in [2.75, 3.05) is 45.3 Å². The van der Waals surface area contributed by atoms with Gasteiger partial charge in [-0.2, -0.15) is 0 Å². The Kier molecular flexibility index (Phi) is 5.91. The lowest BCUT2D eigenvalue weighted by molar-refractivity contribution is 0.0377. The van der Waals surface area contributed by atoms with E-state index in [4.69, 9.17) is 22.1 Å². The largest absolute Gasteiger partial charge is 0.386 e. The molecular weight excluding hydrogens is 202 g/mol. The van der Waals surface area contributed by atoms with Gasteiger partial charge in [-0.3, -0.25) is 9.89 Å². The molecule has 82 valence electrons. The molecule has 0 amide bonds. The predicted molar refractivity (Wildman–Crippen MR) is 59.1 cm³/mol. The molecule has 0 aliphatic carbocycles. The van der Waals surface area contributed by atoms with Crippen molar-refractivity contribution in [3.05, 3.63) is 0 Å². The van der Waals surface area contributed by atoms with E-state index in [0.29, 0.717) is 11.7 Å². The van der Waals surface area contributed by atoms with Crippen molar-refractivity contribution >= 4 is 17.4 Å². The summed E-state index contributed by atoms with van der Waals surface area (Å²) in [6.07, 6.45) is 1.04. The van der Waals surface area contributed by atoms with E-state index in [-0.39, 0.29) is 0 Å². The van der Waals surface area contributed by atoms with Crippen molar-refractivity contribution in [3.63, 3.8) is 0 Å². The van der Waals surface area contributed by atoms with Crippen LogP contribution in [0, 0.1) is 0 Å². The lowest BCUT2D eigenvalue weighted by Gasteiger charge is -2.26. The number of hydrogen-bond acceptors (Lipinski definition) is 3. The summed E-state index contributed by atoms with van der Waals surface area (Å²) in [5.41, 5.74) is 5.48. The van der Waals surface area contributed by atoms with Gasteiger partial charge in [0.2, 0.25) is 0 Å². The van der Waals surface area contributed by atoms with E-state index in [1.807, 2.05) is 0 Å². The van der Waals surface area contributed by atoms with Crippen LogP contribution >= 0.6 is 11.6 Å². The fraction of sp³-hybridized carbons (Fsp3) is 0.889. The number of morpholine rings is 1. The van der Waals surface area contributed by atoms with Gasteiger partial charge in [0.25, 0.3) is 0 Å². The van der Waals surface area contributed by atoms with Crippen molar-refractivity contribution in [1.82, 2.24) is 4.90 Å². The predicted octanol–water partition coefficient (Wildman–Crippen LogP) is 0.305. The first kappa shape index (κ1) is 11.8. The number of nitrogens with zero attached hydrogens (tertiary/aromatic N) is 2. The fourth-order valence-corrected chi connectivity index (χ4v) is 1.47. The van der Waals surface area contributed by atoms with Crippen LogP contribution < -0.4 is 5.73 Å². The number of halogens is 1. The van der Waals surface area contributed by atoms with E-state index in [9.17, 15) is 0 Å². The highest BCUT2D eigenvalue weighted by molar-refractivity contribution is 6.27. The zero-order valence-corrected chi connectivity index (χ0v) is 9.17. The van der Waals surface area contributed by atoms with Gasteiger partial charge in [0.05, 0.1) is 19.1 Å². The first-order valence-corrected chi connectivity index (χ1v) is 5.51. The second-order valence-electron chi connectivity index (χ2n) is 3.31. The summed E-state index contributed by atoms with van der Waals surface area (Å²) in [4.78, 5) is 6.52. The molecule has 14 heavy (non-hydrogen) atoms. The Morgan fingerprint density at radius 1 is 1.43 bits per heavy atom. The first-order chi connectivity index (χ1) is 6.83. The van der Waals surface area contributed by atoms with Gasteiger partial charge in [-0.25, -0.2) is 0 Å². The summed E-state index contributed by atoms with van der Waals surface area (Å²) < 4.78 is 5.25. The molecule has 1 rings (SSSR count). The average molecular weight is 220 g/mol. The van der Waals surface area contributed by atoms with Crippen molar-refractivity contribution < 1.29 is 4.74 Å². The Hall–Kier alpha value is -0.320. The van der Waals surface area contributed by atoms with Crippen molar-refractivity contribution in [3.8, 4) is 0 Å². The van der Waals surface area contributed by atoms with E-state index in [1.54, 1.807) is 0 Å². The molecule has 5 heteroatoms. The number of ether oxygens (including phenoxy) is 1. The number of aliphatic imine (C=N–C) groups is 1. The van der Waals surface area contributed by atoms with E-state index < -0.39 is 0 Å². The average Bonchev–Trinajstić information content (AvgIpc) is 2.25. The minimum Gasteiger partial charge on any atom is -0.386 e. The maximum absolute atomic E-state index is 5.50. The molecule has 0 saturated carbocycles. The Labute approximate surface area is 90.1 Å². The molecule has 1 aliphatic heterocycles. The van der Waals surface area contributed by atoms with Crippen LogP contribution in [-0.4, -0.2) is 56.0 Å². The van der Waals surface area contributed by atoms with E-state index in [2.05, 4.69) is 9.89 Å². The minimum absolute atomic E-state index is 0.331. The number of alkyl halides is 1. The molecule has 1 aliphatic rings. The molecule has 0 spiro atoms. The van der Waals surface area contributed by atoms with Crippen LogP contribution in [0.1, 0.15) is 6.42 Å². The van der Waals surface area contributed by atoms with Crippen molar-refractivity contribution in [1.29, 1.82) is 0 Å². The third kappa shape index (κ3) is 4.79. The molecule has 4 nitrogen and oxygen atoms in total. The molecular formula is C9H18ClN3O. The lowest BCUT2D eigenvalue weighted by atomic mass is 10.3. The van der Waals surface area contributed by atoms with Gasteiger partial charge in [0.1, 0.15) is 5.84 Å². The molecule has 1 heterocycles. The van der Waals surface area contributed by atoms with Crippen molar-refractivity contribution in [2.45, 2.75) is 6.42 Å². The summed E-state index contributed by atoms with van der Waals surface area (Å²) in [6.45, 7) is 5.63. The Bertz CT molecular complexity index is 181. The molecule has 0 unspecified atom stereocenters. The summed E-state index contributed by atoms with van der Waals surface area (Å²) in [6, 6.07) is 0. The van der Waals surface area contributed by atoms with Crippen LogP contribution in [0.3, 0.4) is 0 Å². The maximum atomic E-state index is 5.50. The zero-order chi connectivity index (χ0) is 10.2. The third-order valence-electron chi connectivity index (χ3n) is 2.19. The molecule has 0 atom stereocenters. The minimum atomic E-state index is 0.331. The Morgan fingerprint density at radius 2 is 2.14 bits per heavy atom. The van der Waals surface area contributed by atoms with E-state index >= 15 is 0 Å². The van der Waals surface area contributed by atoms with E-state index in [1.165, 1.54) is 0 Å². The monoisotopic (exact) mass is 219 g/mol. The molecule has 2 N–H and O–H groups in total. The van der Waals surface area contributed by atoms with Gasteiger partial charge in [-0.15, -0.1) is 11.6 Å². The highest BCUT2D eigenvalue weighted by Crippen LogP contribution is 1.97. The van der Waals surface area contributed by atoms with Gasteiger partial charge in [0.15, 0.2) is 0 Å². The maximum Gasteiger partial charge on any atom is 0.109 e. The van der Waals surface area contributed by atoms with Crippen molar-refractivity contribution in [2.24, 2.45) is 10.7 Å². The van der Waals surface area contributed by atoms with E-state index in [0.717, 1.165) is 45.8 Å².